The third-order valence-electron chi connectivity index (χ3n) is 3.63. The molecule has 2 atom stereocenters. The predicted molar refractivity (Wildman–Crippen MR) is 61.9 cm³/mol. The van der Waals surface area contributed by atoms with Gasteiger partial charge in [0.25, 0.3) is 0 Å². The first-order chi connectivity index (χ1) is 7.33. The molecule has 2 rings (SSSR count). The number of hydrogen-bond acceptors (Lipinski definition) is 2. The van der Waals surface area contributed by atoms with Gasteiger partial charge in [-0.25, -0.2) is 0 Å². The second-order valence-electron chi connectivity index (χ2n) is 4.52. The first-order valence-electron chi connectivity index (χ1n) is 5.98. The summed E-state index contributed by atoms with van der Waals surface area (Å²) in [5.41, 5.74) is 1.39. The lowest BCUT2D eigenvalue weighted by Crippen LogP contribution is -2.32. The Kier molecular flexibility index (Phi) is 3.41. The Morgan fingerprint density at radius 2 is 2.13 bits per heavy atom. The SMILES string of the molecule is CNC1CCCCCC1c1ccnn1C. The van der Waals surface area contributed by atoms with Gasteiger partial charge in [0.1, 0.15) is 0 Å². The summed E-state index contributed by atoms with van der Waals surface area (Å²) in [7, 11) is 4.13. The molecular weight excluding hydrogens is 186 g/mol. The van der Waals surface area contributed by atoms with E-state index in [0.717, 1.165) is 0 Å². The molecule has 84 valence electrons. The van der Waals surface area contributed by atoms with Crippen LogP contribution in [0.1, 0.15) is 43.7 Å². The van der Waals surface area contributed by atoms with Gasteiger partial charge in [-0.15, -0.1) is 0 Å². The van der Waals surface area contributed by atoms with Crippen molar-refractivity contribution in [1.29, 1.82) is 0 Å². The highest BCUT2D eigenvalue weighted by atomic mass is 15.3. The third kappa shape index (κ3) is 2.23. The Bertz CT molecular complexity index is 306. The first kappa shape index (κ1) is 10.7. The molecule has 1 aliphatic rings. The van der Waals surface area contributed by atoms with Crippen molar-refractivity contribution in [3.63, 3.8) is 0 Å². The smallest absolute Gasteiger partial charge is 0.0492 e. The van der Waals surface area contributed by atoms with Gasteiger partial charge in [-0.2, -0.15) is 5.10 Å². The standard InChI is InChI=1S/C12H21N3/c1-13-11-7-5-3-4-6-10(11)12-8-9-14-15(12)2/h8-11,13H,3-7H2,1-2H3. The maximum absolute atomic E-state index is 4.28. The number of nitrogens with zero attached hydrogens (tertiary/aromatic N) is 2. The van der Waals surface area contributed by atoms with Crippen LogP contribution in [-0.4, -0.2) is 22.9 Å². The molecule has 0 aromatic carbocycles. The number of aromatic nitrogens is 2. The highest BCUT2D eigenvalue weighted by Crippen LogP contribution is 2.31. The van der Waals surface area contributed by atoms with Crippen LogP contribution in [0.5, 0.6) is 0 Å². The molecule has 1 aromatic rings. The highest BCUT2D eigenvalue weighted by Gasteiger charge is 2.25. The molecular formula is C12H21N3. The molecule has 1 fully saturated rings. The molecule has 3 heteroatoms. The van der Waals surface area contributed by atoms with Crippen LogP contribution >= 0.6 is 0 Å². The molecule has 1 aromatic heterocycles. The molecule has 0 saturated heterocycles. The topological polar surface area (TPSA) is 29.9 Å². The zero-order valence-electron chi connectivity index (χ0n) is 9.74. The number of likely N-dealkylation sites (N-methyl/N-ethyl adjacent to an activating group) is 1. The fourth-order valence-electron chi connectivity index (χ4n) is 2.75. The summed E-state index contributed by atoms with van der Waals surface area (Å²) < 4.78 is 2.03. The van der Waals surface area contributed by atoms with Crippen molar-refractivity contribution < 1.29 is 0 Å². The Labute approximate surface area is 91.9 Å². The maximum atomic E-state index is 4.28. The molecule has 1 saturated carbocycles. The van der Waals surface area contributed by atoms with Crippen molar-refractivity contribution in [2.75, 3.05) is 7.05 Å². The van der Waals surface area contributed by atoms with Crippen LogP contribution in [0.25, 0.3) is 0 Å². The summed E-state index contributed by atoms with van der Waals surface area (Å²) in [4.78, 5) is 0. The summed E-state index contributed by atoms with van der Waals surface area (Å²) in [6.45, 7) is 0. The zero-order chi connectivity index (χ0) is 10.7. The molecule has 0 amide bonds. The summed E-state index contributed by atoms with van der Waals surface area (Å²) >= 11 is 0. The number of nitrogens with one attached hydrogen (secondary N) is 1. The van der Waals surface area contributed by atoms with Gasteiger partial charge in [0.15, 0.2) is 0 Å². The van der Waals surface area contributed by atoms with Gasteiger partial charge >= 0.3 is 0 Å². The van der Waals surface area contributed by atoms with E-state index in [2.05, 4.69) is 23.5 Å². The lowest BCUT2D eigenvalue weighted by atomic mass is 9.91. The van der Waals surface area contributed by atoms with Crippen molar-refractivity contribution >= 4 is 0 Å². The summed E-state index contributed by atoms with van der Waals surface area (Å²) in [5.74, 6) is 0.644. The van der Waals surface area contributed by atoms with Gasteiger partial charge in [-0.3, -0.25) is 4.68 Å². The summed E-state index contributed by atoms with van der Waals surface area (Å²) in [6.07, 6.45) is 8.60. The van der Waals surface area contributed by atoms with Crippen LogP contribution in [0.2, 0.25) is 0 Å². The van der Waals surface area contributed by atoms with E-state index in [1.54, 1.807) is 0 Å². The summed E-state index contributed by atoms with van der Waals surface area (Å²) in [5, 5.41) is 7.75. The molecule has 0 radical (unpaired) electrons. The fourth-order valence-corrected chi connectivity index (χ4v) is 2.75. The lowest BCUT2D eigenvalue weighted by Gasteiger charge is -2.24. The second-order valence-corrected chi connectivity index (χ2v) is 4.52. The minimum absolute atomic E-state index is 0.628. The number of aryl methyl sites for hydroxylation is 1. The number of hydrogen-bond donors (Lipinski definition) is 1. The van der Waals surface area contributed by atoms with E-state index in [-0.39, 0.29) is 0 Å². The quantitative estimate of drug-likeness (QED) is 0.752. The van der Waals surface area contributed by atoms with Crippen molar-refractivity contribution in [2.24, 2.45) is 7.05 Å². The van der Waals surface area contributed by atoms with Gasteiger partial charge in [0, 0.05) is 30.9 Å². The van der Waals surface area contributed by atoms with Crippen molar-refractivity contribution in [1.82, 2.24) is 15.1 Å². The molecule has 1 N–H and O–H groups in total. The van der Waals surface area contributed by atoms with Crippen molar-refractivity contribution in [3.05, 3.63) is 18.0 Å². The molecule has 1 aliphatic carbocycles. The molecule has 15 heavy (non-hydrogen) atoms. The van der Waals surface area contributed by atoms with E-state index in [0.29, 0.717) is 12.0 Å². The third-order valence-corrected chi connectivity index (χ3v) is 3.63. The van der Waals surface area contributed by atoms with Crippen LogP contribution in [-0.2, 0) is 7.05 Å². The molecule has 1 heterocycles. The van der Waals surface area contributed by atoms with Crippen LogP contribution in [0.4, 0.5) is 0 Å². The van der Waals surface area contributed by atoms with Gasteiger partial charge in [0.2, 0.25) is 0 Å². The zero-order valence-corrected chi connectivity index (χ0v) is 9.74. The minimum atomic E-state index is 0.628. The van der Waals surface area contributed by atoms with Crippen LogP contribution in [0.3, 0.4) is 0 Å². The second kappa shape index (κ2) is 4.79. The van der Waals surface area contributed by atoms with E-state index >= 15 is 0 Å². The van der Waals surface area contributed by atoms with Crippen LogP contribution < -0.4 is 5.32 Å². The van der Waals surface area contributed by atoms with Crippen molar-refractivity contribution in [2.45, 2.75) is 44.1 Å². The van der Waals surface area contributed by atoms with E-state index in [1.165, 1.54) is 37.8 Å². The van der Waals surface area contributed by atoms with E-state index in [4.69, 9.17) is 0 Å². The Balaban J connectivity index is 2.20. The van der Waals surface area contributed by atoms with Crippen LogP contribution in [0, 0.1) is 0 Å². The fraction of sp³-hybridized carbons (Fsp3) is 0.750. The van der Waals surface area contributed by atoms with Gasteiger partial charge in [-0.05, 0) is 26.0 Å². The Hall–Kier alpha value is -0.830. The Morgan fingerprint density at radius 1 is 1.33 bits per heavy atom. The normalized spacial score (nSPS) is 27.6. The van der Waals surface area contributed by atoms with E-state index in [1.807, 2.05) is 17.9 Å². The number of rotatable bonds is 2. The van der Waals surface area contributed by atoms with Gasteiger partial charge in [-0.1, -0.05) is 19.3 Å². The van der Waals surface area contributed by atoms with E-state index in [9.17, 15) is 0 Å². The molecule has 0 aliphatic heterocycles. The highest BCUT2D eigenvalue weighted by molar-refractivity contribution is 5.11. The lowest BCUT2D eigenvalue weighted by molar-refractivity contribution is 0.420. The van der Waals surface area contributed by atoms with Gasteiger partial charge in [0.05, 0.1) is 0 Å². The summed E-state index contributed by atoms with van der Waals surface area (Å²) in [6, 6.07) is 2.79. The molecule has 0 bridgehead atoms. The molecule has 3 nitrogen and oxygen atoms in total. The Morgan fingerprint density at radius 3 is 2.80 bits per heavy atom. The van der Waals surface area contributed by atoms with E-state index < -0.39 is 0 Å². The maximum Gasteiger partial charge on any atom is 0.0492 e. The van der Waals surface area contributed by atoms with Gasteiger partial charge < -0.3 is 5.32 Å². The largest absolute Gasteiger partial charge is 0.316 e. The average Bonchev–Trinajstić information content (AvgIpc) is 2.54. The van der Waals surface area contributed by atoms with Crippen LogP contribution in [0.15, 0.2) is 12.3 Å². The first-order valence-corrected chi connectivity index (χ1v) is 5.98. The monoisotopic (exact) mass is 207 g/mol. The van der Waals surface area contributed by atoms with Crippen molar-refractivity contribution in [3.8, 4) is 0 Å². The minimum Gasteiger partial charge on any atom is -0.316 e. The predicted octanol–water partition coefficient (Wildman–Crippen LogP) is 2.06. The average molecular weight is 207 g/mol. The molecule has 0 spiro atoms. The molecule has 2 unspecified atom stereocenters.